The molecule has 2 unspecified atom stereocenters. The summed E-state index contributed by atoms with van der Waals surface area (Å²) in [5.41, 5.74) is 1.43. The van der Waals surface area contributed by atoms with Gasteiger partial charge in [0.2, 0.25) is 0 Å². The number of oxime groups is 3. The van der Waals surface area contributed by atoms with E-state index in [4.69, 9.17) is 19.2 Å². The Morgan fingerprint density at radius 2 is 1.86 bits per heavy atom. The number of likely N-dealkylation sites (N-methyl/N-ethyl adjacent to an activating group) is 1. The van der Waals surface area contributed by atoms with Crippen molar-refractivity contribution in [3.8, 4) is 0 Å². The number of hydrogen-bond donors (Lipinski definition) is 1. The molecule has 2 atom stereocenters. The Hall–Kier alpha value is -3.10. The predicted molar refractivity (Wildman–Crippen MR) is 107 cm³/mol. The number of rotatable bonds is 10. The van der Waals surface area contributed by atoms with E-state index in [0.717, 1.165) is 6.42 Å². The molecule has 9 heteroatoms. The molecule has 1 amide bonds. The van der Waals surface area contributed by atoms with Gasteiger partial charge in [0, 0.05) is 18.2 Å². The van der Waals surface area contributed by atoms with Gasteiger partial charge in [0.1, 0.15) is 26.5 Å². The summed E-state index contributed by atoms with van der Waals surface area (Å²) in [6.07, 6.45) is 1.62. The minimum atomic E-state index is -0.480. The van der Waals surface area contributed by atoms with Crippen molar-refractivity contribution in [2.24, 2.45) is 15.5 Å². The first kappa shape index (κ1) is 22.9. The molecule has 0 aliphatic heterocycles. The van der Waals surface area contributed by atoms with Crippen LogP contribution in [0, 0.1) is 0 Å². The van der Waals surface area contributed by atoms with Crippen LogP contribution in [0.4, 0.5) is 0 Å². The predicted octanol–water partition coefficient (Wildman–Crippen LogP) is 2.62. The van der Waals surface area contributed by atoms with Crippen LogP contribution in [-0.4, -0.2) is 51.1 Å². The first-order chi connectivity index (χ1) is 13.5. The van der Waals surface area contributed by atoms with Gasteiger partial charge in [0.05, 0.1) is 6.10 Å². The van der Waals surface area contributed by atoms with Crippen LogP contribution >= 0.6 is 0 Å². The normalized spacial score (nSPS) is 14.4. The minimum Gasteiger partial charge on any atom is -0.471 e. The van der Waals surface area contributed by atoms with E-state index in [-0.39, 0.29) is 23.6 Å². The Morgan fingerprint density at radius 1 is 1.18 bits per heavy atom. The molecule has 0 spiro atoms. The Bertz CT molecular complexity index is 718. The van der Waals surface area contributed by atoms with Gasteiger partial charge in [-0.2, -0.15) is 0 Å². The van der Waals surface area contributed by atoms with Crippen LogP contribution in [-0.2, 0) is 24.0 Å². The third-order valence-electron chi connectivity index (χ3n) is 3.74. The number of carbonyl (C=O) groups is 1. The highest BCUT2D eigenvalue weighted by atomic mass is 16.6. The Kier molecular flexibility index (Phi) is 10.1. The Balaban J connectivity index is 3.01. The largest absolute Gasteiger partial charge is 0.471 e. The van der Waals surface area contributed by atoms with Crippen molar-refractivity contribution in [2.75, 3.05) is 21.3 Å². The average Bonchev–Trinajstić information content (AvgIpc) is 2.71. The van der Waals surface area contributed by atoms with Crippen molar-refractivity contribution in [1.29, 1.82) is 0 Å². The third kappa shape index (κ3) is 6.90. The fourth-order valence-electron chi connectivity index (χ4n) is 2.17. The molecule has 1 aromatic rings. The molecule has 0 fully saturated rings. The molecular formula is C19H28N4O5. The van der Waals surface area contributed by atoms with Gasteiger partial charge < -0.3 is 24.6 Å². The lowest BCUT2D eigenvalue weighted by Gasteiger charge is -2.15. The second-order valence-electron chi connectivity index (χ2n) is 5.72. The molecule has 1 aromatic carbocycles. The molecule has 0 radical (unpaired) electrons. The van der Waals surface area contributed by atoms with Crippen molar-refractivity contribution in [3.63, 3.8) is 0 Å². The van der Waals surface area contributed by atoms with E-state index in [9.17, 15) is 4.79 Å². The molecule has 9 nitrogen and oxygen atoms in total. The number of nitrogens with zero attached hydrogens (tertiary/aromatic N) is 3. The van der Waals surface area contributed by atoms with Crippen LogP contribution in [0.1, 0.15) is 44.4 Å². The summed E-state index contributed by atoms with van der Waals surface area (Å²) in [6.45, 7) is 5.70. The van der Waals surface area contributed by atoms with Gasteiger partial charge in [-0.05, 0) is 25.4 Å². The van der Waals surface area contributed by atoms with Crippen molar-refractivity contribution < 1.29 is 24.0 Å². The molecule has 28 heavy (non-hydrogen) atoms. The van der Waals surface area contributed by atoms with E-state index in [1.807, 2.05) is 26.0 Å². The maximum Gasteiger partial charge on any atom is 0.273 e. The van der Waals surface area contributed by atoms with Crippen LogP contribution in [0.15, 0.2) is 39.7 Å². The summed E-state index contributed by atoms with van der Waals surface area (Å²) in [6, 6.07) is 7.21. The van der Waals surface area contributed by atoms with Gasteiger partial charge >= 0.3 is 0 Å². The lowest BCUT2D eigenvalue weighted by Crippen LogP contribution is -2.29. The summed E-state index contributed by atoms with van der Waals surface area (Å²) in [4.78, 5) is 27.2. The van der Waals surface area contributed by atoms with Crippen molar-refractivity contribution in [3.05, 3.63) is 35.4 Å². The van der Waals surface area contributed by atoms with Crippen LogP contribution in [0.2, 0.25) is 0 Å². The first-order valence-electron chi connectivity index (χ1n) is 8.87. The number of benzene rings is 1. The van der Waals surface area contributed by atoms with Gasteiger partial charge in [-0.15, -0.1) is 0 Å². The fraction of sp³-hybridized carbons (Fsp3) is 0.474. The Morgan fingerprint density at radius 3 is 2.46 bits per heavy atom. The molecule has 1 rings (SSSR count). The van der Waals surface area contributed by atoms with Crippen molar-refractivity contribution >= 4 is 23.7 Å². The highest BCUT2D eigenvalue weighted by molar-refractivity contribution is 6.45. The molecule has 0 aliphatic carbocycles. The third-order valence-corrected chi connectivity index (χ3v) is 3.74. The number of ether oxygens (including phenoxy) is 1. The maximum absolute atomic E-state index is 12.1. The second-order valence-corrected chi connectivity index (χ2v) is 5.72. The first-order valence-corrected chi connectivity index (χ1v) is 8.87. The van der Waals surface area contributed by atoms with Gasteiger partial charge in [0.15, 0.2) is 5.71 Å². The van der Waals surface area contributed by atoms with Crippen LogP contribution < -0.4 is 5.32 Å². The van der Waals surface area contributed by atoms with E-state index >= 15 is 0 Å². The summed E-state index contributed by atoms with van der Waals surface area (Å²) >= 11 is 0. The summed E-state index contributed by atoms with van der Waals surface area (Å²) in [5, 5.41) is 14.1. The SMILES string of the molecule is CCC(C)OC(/C=N/OC(C)c1ccccc1/C(=N\OC)C(=O)NC)=N\OC. The van der Waals surface area contributed by atoms with Crippen molar-refractivity contribution in [2.45, 2.75) is 39.4 Å². The van der Waals surface area contributed by atoms with Crippen LogP contribution in [0.25, 0.3) is 0 Å². The molecule has 0 bridgehead atoms. The van der Waals surface area contributed by atoms with E-state index in [0.29, 0.717) is 11.1 Å². The van der Waals surface area contributed by atoms with Gasteiger partial charge in [-0.1, -0.05) is 41.5 Å². The standard InChI is InChI=1S/C19H28N4O5/c1-7-13(2)27-17(22-25-5)12-21-28-14(3)15-10-8-9-11-16(15)18(23-26-6)19(24)20-4/h8-14H,7H2,1-6H3,(H,20,24)/b21-12+,22-17-,23-18+. The lowest BCUT2D eigenvalue weighted by molar-refractivity contribution is -0.114. The molecule has 0 saturated heterocycles. The molecule has 1 N–H and O–H groups in total. The number of amides is 1. The summed E-state index contributed by atoms with van der Waals surface area (Å²) in [5.74, 6) is -0.175. The van der Waals surface area contributed by atoms with Crippen LogP contribution in [0.5, 0.6) is 0 Å². The lowest BCUT2D eigenvalue weighted by atomic mass is 9.99. The van der Waals surface area contributed by atoms with Gasteiger partial charge in [-0.25, -0.2) is 0 Å². The van der Waals surface area contributed by atoms with Gasteiger partial charge in [-0.3, -0.25) is 4.79 Å². The van der Waals surface area contributed by atoms with E-state index in [1.54, 1.807) is 19.1 Å². The van der Waals surface area contributed by atoms with E-state index < -0.39 is 6.10 Å². The molecule has 0 aromatic heterocycles. The monoisotopic (exact) mass is 392 g/mol. The van der Waals surface area contributed by atoms with Crippen molar-refractivity contribution in [1.82, 2.24) is 5.32 Å². The number of nitrogens with one attached hydrogen (secondary N) is 1. The topological polar surface area (TPSA) is 103 Å². The zero-order valence-corrected chi connectivity index (χ0v) is 17.1. The van der Waals surface area contributed by atoms with E-state index in [2.05, 4.69) is 20.8 Å². The summed E-state index contributed by atoms with van der Waals surface area (Å²) < 4.78 is 5.57. The Labute approximate surface area is 165 Å². The molecule has 0 heterocycles. The summed E-state index contributed by atoms with van der Waals surface area (Å²) in [7, 11) is 4.32. The van der Waals surface area contributed by atoms with Crippen LogP contribution in [0.3, 0.4) is 0 Å². The highest BCUT2D eigenvalue weighted by Crippen LogP contribution is 2.22. The zero-order valence-electron chi connectivity index (χ0n) is 17.1. The number of hydrogen-bond acceptors (Lipinski definition) is 8. The number of carbonyl (C=O) groups excluding carboxylic acids is 1. The minimum absolute atomic E-state index is 0.0427. The molecule has 154 valence electrons. The second kappa shape index (κ2) is 12.3. The molecular weight excluding hydrogens is 364 g/mol. The zero-order chi connectivity index (χ0) is 20.9. The van der Waals surface area contributed by atoms with E-state index in [1.165, 1.54) is 27.5 Å². The fourth-order valence-corrected chi connectivity index (χ4v) is 2.17. The molecule has 0 aliphatic rings. The average molecular weight is 392 g/mol. The smallest absolute Gasteiger partial charge is 0.273 e. The highest BCUT2D eigenvalue weighted by Gasteiger charge is 2.21. The maximum atomic E-state index is 12.1. The quantitative estimate of drug-likeness (QED) is 0.374. The molecule has 0 saturated carbocycles. The van der Waals surface area contributed by atoms with Gasteiger partial charge in [0.25, 0.3) is 11.8 Å².